The van der Waals surface area contributed by atoms with Crippen LogP contribution in [0.15, 0.2) is 12.2 Å². The maximum absolute atomic E-state index is 12.3. The molecule has 0 heterocycles. The van der Waals surface area contributed by atoms with Gasteiger partial charge in [0.15, 0.2) is 0 Å². The van der Waals surface area contributed by atoms with Gasteiger partial charge in [0.2, 0.25) is 0 Å². The molecule has 0 aromatic heterocycles. The zero-order valence-corrected chi connectivity index (χ0v) is 12.7. The van der Waals surface area contributed by atoms with E-state index in [0.717, 1.165) is 12.8 Å². The van der Waals surface area contributed by atoms with E-state index in [0.29, 0.717) is 0 Å². The zero-order chi connectivity index (χ0) is 14.4. The minimum Gasteiger partial charge on any atom is -0.295 e. The van der Waals surface area contributed by atoms with Crippen molar-refractivity contribution in [3.05, 3.63) is 12.2 Å². The molecule has 0 aromatic carbocycles. The van der Waals surface area contributed by atoms with Gasteiger partial charge in [-0.1, -0.05) is 43.8 Å². The summed E-state index contributed by atoms with van der Waals surface area (Å²) in [6.45, 7) is 3.95. The Labute approximate surface area is 117 Å². The first-order chi connectivity index (χ1) is 9.18. The highest BCUT2D eigenvalue weighted by molar-refractivity contribution is 7.54. The average molecular weight is 282 g/mol. The second kappa shape index (κ2) is 12.1. The van der Waals surface area contributed by atoms with Crippen molar-refractivity contribution in [1.29, 1.82) is 0 Å². The Bertz CT molecular complexity index is 396. The first kappa shape index (κ1) is 18.0. The summed E-state index contributed by atoms with van der Waals surface area (Å²) in [6.07, 6.45) is 13.7. The van der Waals surface area contributed by atoms with Gasteiger partial charge in [0, 0.05) is 0 Å². The number of unbranched alkanes of at least 4 members (excludes halogenated alkanes) is 3. The first-order valence-electron chi connectivity index (χ1n) is 6.54. The molecule has 0 aliphatic heterocycles. The fourth-order valence-electron chi connectivity index (χ4n) is 1.31. The van der Waals surface area contributed by atoms with E-state index in [1.807, 2.05) is 12.2 Å². The molecule has 0 fully saturated rings. The molecule has 0 aliphatic carbocycles. The van der Waals surface area contributed by atoms with Gasteiger partial charge in [0.1, 0.15) is 13.2 Å². The van der Waals surface area contributed by atoms with Gasteiger partial charge in [-0.05, 0) is 19.8 Å². The van der Waals surface area contributed by atoms with Crippen LogP contribution in [0.4, 0.5) is 0 Å². The molecule has 0 spiro atoms. The van der Waals surface area contributed by atoms with Crippen LogP contribution in [0.3, 0.4) is 0 Å². The normalized spacial score (nSPS) is 13.5. The van der Waals surface area contributed by atoms with Crippen molar-refractivity contribution in [2.45, 2.75) is 39.5 Å². The standard InChI is InChI=1S/C15H23O3P/c1-4-7-9-10-11-12-15-19(16,17-13-6-3)18-14-8-5-2/h3,11-12H,4,7,9-10,13-15H2,1-2H3/b12-11+. The lowest BCUT2D eigenvalue weighted by atomic mass is 10.2. The summed E-state index contributed by atoms with van der Waals surface area (Å²) in [4.78, 5) is 0. The Morgan fingerprint density at radius 2 is 1.95 bits per heavy atom. The molecule has 1 unspecified atom stereocenters. The third-order valence-electron chi connectivity index (χ3n) is 2.32. The number of allylic oxidation sites excluding steroid dienone is 2. The maximum atomic E-state index is 12.3. The van der Waals surface area contributed by atoms with E-state index in [1.165, 1.54) is 12.8 Å². The Morgan fingerprint density at radius 3 is 2.58 bits per heavy atom. The summed E-state index contributed by atoms with van der Waals surface area (Å²) in [6, 6.07) is 0. The zero-order valence-electron chi connectivity index (χ0n) is 11.9. The van der Waals surface area contributed by atoms with Crippen molar-refractivity contribution < 1.29 is 13.6 Å². The molecule has 1 atom stereocenters. The van der Waals surface area contributed by atoms with Gasteiger partial charge < -0.3 is 0 Å². The van der Waals surface area contributed by atoms with Crippen LogP contribution in [-0.2, 0) is 13.6 Å². The Hall–Kier alpha value is -0.990. The number of hydrogen-bond donors (Lipinski definition) is 0. The van der Waals surface area contributed by atoms with Crippen LogP contribution in [0.5, 0.6) is 0 Å². The minimum absolute atomic E-state index is 0.0134. The van der Waals surface area contributed by atoms with E-state index in [9.17, 15) is 4.57 Å². The van der Waals surface area contributed by atoms with E-state index in [-0.39, 0.29) is 19.4 Å². The highest BCUT2D eigenvalue weighted by Gasteiger charge is 2.21. The van der Waals surface area contributed by atoms with Gasteiger partial charge in [-0.15, -0.1) is 12.3 Å². The summed E-state index contributed by atoms with van der Waals surface area (Å²) >= 11 is 0. The van der Waals surface area contributed by atoms with E-state index in [4.69, 9.17) is 15.5 Å². The van der Waals surface area contributed by atoms with Crippen LogP contribution in [0, 0.1) is 24.2 Å². The van der Waals surface area contributed by atoms with Gasteiger partial charge in [0.05, 0.1) is 6.16 Å². The van der Waals surface area contributed by atoms with E-state index in [1.54, 1.807) is 6.92 Å². The van der Waals surface area contributed by atoms with Crippen molar-refractivity contribution in [1.82, 2.24) is 0 Å². The highest BCUT2D eigenvalue weighted by Crippen LogP contribution is 2.47. The molecule has 3 nitrogen and oxygen atoms in total. The molecule has 0 bridgehead atoms. The lowest BCUT2D eigenvalue weighted by molar-refractivity contribution is 0.245. The second-order valence-corrected chi connectivity index (χ2v) is 6.04. The Balaban J connectivity index is 4.20. The van der Waals surface area contributed by atoms with Crippen LogP contribution >= 0.6 is 7.60 Å². The van der Waals surface area contributed by atoms with Crippen molar-refractivity contribution in [2.24, 2.45) is 0 Å². The molecule has 0 rings (SSSR count). The van der Waals surface area contributed by atoms with Gasteiger partial charge >= 0.3 is 7.60 Å². The fraction of sp³-hybridized carbons (Fsp3) is 0.600. The Morgan fingerprint density at radius 1 is 1.21 bits per heavy atom. The van der Waals surface area contributed by atoms with Gasteiger partial charge in [0.25, 0.3) is 0 Å². The largest absolute Gasteiger partial charge is 0.336 e. The van der Waals surface area contributed by atoms with Crippen LogP contribution in [-0.4, -0.2) is 19.4 Å². The summed E-state index contributed by atoms with van der Waals surface area (Å²) in [5.41, 5.74) is 0. The molecule has 0 radical (unpaired) electrons. The van der Waals surface area contributed by atoms with Crippen LogP contribution in [0.2, 0.25) is 0 Å². The van der Waals surface area contributed by atoms with E-state index >= 15 is 0 Å². The molecule has 19 heavy (non-hydrogen) atoms. The van der Waals surface area contributed by atoms with Crippen molar-refractivity contribution in [3.8, 4) is 24.2 Å². The van der Waals surface area contributed by atoms with Gasteiger partial charge in [-0.25, -0.2) is 0 Å². The predicted molar refractivity (Wildman–Crippen MR) is 79.9 cm³/mol. The van der Waals surface area contributed by atoms with Gasteiger partial charge in [-0.3, -0.25) is 13.6 Å². The number of rotatable bonds is 10. The predicted octanol–water partition coefficient (Wildman–Crippen LogP) is 4.01. The quantitative estimate of drug-likeness (QED) is 0.263. The third-order valence-corrected chi connectivity index (χ3v) is 4.03. The summed E-state index contributed by atoms with van der Waals surface area (Å²) < 4.78 is 22.6. The molecule has 0 aromatic rings. The first-order valence-corrected chi connectivity index (χ1v) is 8.27. The number of terminal acetylenes is 1. The summed E-state index contributed by atoms with van der Waals surface area (Å²) in [5.74, 6) is 7.67. The van der Waals surface area contributed by atoms with Crippen molar-refractivity contribution >= 4 is 7.60 Å². The van der Waals surface area contributed by atoms with Crippen LogP contribution < -0.4 is 0 Å². The van der Waals surface area contributed by atoms with E-state index < -0.39 is 7.60 Å². The third kappa shape index (κ3) is 10.6. The summed E-state index contributed by atoms with van der Waals surface area (Å²) in [5, 5.41) is 0. The molecule has 0 amide bonds. The average Bonchev–Trinajstić information content (AvgIpc) is 2.41. The SMILES string of the molecule is C#CCOP(=O)(C/C=C/CCCCC)OCC#CC. The lowest BCUT2D eigenvalue weighted by Crippen LogP contribution is -1.99. The summed E-state index contributed by atoms with van der Waals surface area (Å²) in [7, 11) is -3.15. The lowest BCUT2D eigenvalue weighted by Gasteiger charge is -2.14. The van der Waals surface area contributed by atoms with Crippen LogP contribution in [0.1, 0.15) is 39.5 Å². The fourth-order valence-corrected chi connectivity index (χ4v) is 2.54. The molecule has 4 heteroatoms. The topological polar surface area (TPSA) is 35.5 Å². The van der Waals surface area contributed by atoms with E-state index in [2.05, 4.69) is 24.7 Å². The smallest absolute Gasteiger partial charge is 0.295 e. The molecular weight excluding hydrogens is 259 g/mol. The molecule has 0 N–H and O–H groups in total. The van der Waals surface area contributed by atoms with Gasteiger partial charge in [-0.2, -0.15) is 0 Å². The van der Waals surface area contributed by atoms with Crippen molar-refractivity contribution in [2.75, 3.05) is 19.4 Å². The highest BCUT2D eigenvalue weighted by atomic mass is 31.2. The molecule has 0 saturated carbocycles. The number of hydrogen-bond acceptors (Lipinski definition) is 3. The van der Waals surface area contributed by atoms with Crippen LogP contribution in [0.25, 0.3) is 0 Å². The molecular formula is C15H23O3P. The molecule has 0 aliphatic rings. The molecule has 106 valence electrons. The Kier molecular flexibility index (Phi) is 11.4. The molecule has 0 saturated heterocycles. The minimum atomic E-state index is -3.15. The van der Waals surface area contributed by atoms with Crippen molar-refractivity contribution in [3.63, 3.8) is 0 Å². The second-order valence-electron chi connectivity index (χ2n) is 3.94. The maximum Gasteiger partial charge on any atom is 0.336 e. The monoisotopic (exact) mass is 282 g/mol.